The molecule has 0 aliphatic rings. The molecule has 0 amide bonds. The molecule has 0 heterocycles. The fourth-order valence-electron chi connectivity index (χ4n) is 1.55. The molecule has 2 aromatic rings. The summed E-state index contributed by atoms with van der Waals surface area (Å²) in [7, 11) is -4.11. The lowest BCUT2D eigenvalue weighted by Crippen LogP contribution is -2.02. The fraction of sp³-hybridized carbons (Fsp3) is 0. The highest BCUT2D eigenvalue weighted by Crippen LogP contribution is 2.24. The maximum Gasteiger partial charge on any atom is 0.289 e. The Bertz CT molecular complexity index is 755. The van der Waals surface area contributed by atoms with E-state index in [1.54, 1.807) is 30.3 Å². The Hall–Kier alpha value is -2.54. The SMILES string of the molecule is O=[N+]([O-])c1ccccc1S(=O)(=O)/N=C/c1ccccc1. The minimum absolute atomic E-state index is 0.419. The van der Waals surface area contributed by atoms with E-state index in [-0.39, 0.29) is 0 Å². The van der Waals surface area contributed by atoms with Crippen molar-refractivity contribution in [1.82, 2.24) is 0 Å². The van der Waals surface area contributed by atoms with E-state index < -0.39 is 25.5 Å². The fourth-order valence-corrected chi connectivity index (χ4v) is 2.58. The van der Waals surface area contributed by atoms with E-state index in [2.05, 4.69) is 4.40 Å². The van der Waals surface area contributed by atoms with Gasteiger partial charge in [-0.05, 0) is 11.6 Å². The van der Waals surface area contributed by atoms with Crippen molar-refractivity contribution in [2.45, 2.75) is 4.90 Å². The summed E-state index contributed by atoms with van der Waals surface area (Å²) in [5, 5.41) is 10.8. The average molecular weight is 290 g/mol. The number of hydrogen-bond donors (Lipinski definition) is 0. The molecule has 6 nitrogen and oxygen atoms in total. The third-order valence-corrected chi connectivity index (χ3v) is 3.76. The van der Waals surface area contributed by atoms with Crippen molar-refractivity contribution < 1.29 is 13.3 Å². The number of nitro benzene ring substituents is 1. The molecule has 20 heavy (non-hydrogen) atoms. The van der Waals surface area contributed by atoms with E-state index in [4.69, 9.17) is 0 Å². The number of nitrogens with zero attached hydrogens (tertiary/aromatic N) is 2. The van der Waals surface area contributed by atoms with Crippen molar-refractivity contribution in [3.8, 4) is 0 Å². The van der Waals surface area contributed by atoms with Gasteiger partial charge in [0.2, 0.25) is 0 Å². The largest absolute Gasteiger partial charge is 0.289 e. The zero-order chi connectivity index (χ0) is 14.6. The van der Waals surface area contributed by atoms with Crippen LogP contribution in [-0.4, -0.2) is 19.6 Å². The molecule has 0 aliphatic carbocycles. The van der Waals surface area contributed by atoms with Crippen molar-refractivity contribution >= 4 is 21.9 Å². The van der Waals surface area contributed by atoms with Gasteiger partial charge in [0.05, 0.1) is 4.92 Å². The third-order valence-electron chi connectivity index (χ3n) is 2.48. The summed E-state index contributed by atoms with van der Waals surface area (Å²) < 4.78 is 27.5. The second-order valence-corrected chi connectivity index (χ2v) is 5.45. The average Bonchev–Trinajstić information content (AvgIpc) is 2.46. The molecule has 0 aromatic heterocycles. The van der Waals surface area contributed by atoms with Gasteiger partial charge < -0.3 is 0 Å². The lowest BCUT2D eigenvalue weighted by Gasteiger charge is -2.00. The van der Waals surface area contributed by atoms with Crippen LogP contribution in [0.3, 0.4) is 0 Å². The van der Waals surface area contributed by atoms with Crippen LogP contribution in [0.1, 0.15) is 5.56 Å². The van der Waals surface area contributed by atoms with Crippen LogP contribution < -0.4 is 0 Å². The summed E-state index contributed by atoms with van der Waals surface area (Å²) in [6.45, 7) is 0. The lowest BCUT2D eigenvalue weighted by molar-refractivity contribution is -0.387. The van der Waals surface area contributed by atoms with E-state index in [9.17, 15) is 18.5 Å². The summed E-state index contributed by atoms with van der Waals surface area (Å²) in [5.41, 5.74) is 0.104. The van der Waals surface area contributed by atoms with Gasteiger partial charge in [0, 0.05) is 12.3 Å². The molecule has 0 saturated carbocycles. The minimum Gasteiger partial charge on any atom is -0.258 e. The zero-order valence-electron chi connectivity index (χ0n) is 10.2. The van der Waals surface area contributed by atoms with Crippen molar-refractivity contribution in [2.75, 3.05) is 0 Å². The third kappa shape index (κ3) is 3.07. The quantitative estimate of drug-likeness (QED) is 0.491. The Kier molecular flexibility index (Phi) is 3.90. The molecule has 2 rings (SSSR count). The second kappa shape index (κ2) is 5.62. The van der Waals surface area contributed by atoms with Crippen LogP contribution in [0.5, 0.6) is 0 Å². The molecular formula is C13H10N2O4S. The number of nitro groups is 1. The Balaban J connectivity index is 2.42. The van der Waals surface area contributed by atoms with Crippen molar-refractivity contribution in [2.24, 2.45) is 4.40 Å². The number of rotatable bonds is 4. The normalized spacial score (nSPS) is 11.6. The van der Waals surface area contributed by atoms with Gasteiger partial charge in [-0.2, -0.15) is 12.8 Å². The Morgan fingerprint density at radius 3 is 2.25 bits per heavy atom. The predicted octanol–water partition coefficient (Wildman–Crippen LogP) is 2.40. The van der Waals surface area contributed by atoms with Gasteiger partial charge in [-0.25, -0.2) is 0 Å². The maximum absolute atomic E-state index is 12.0. The molecule has 0 spiro atoms. The number of para-hydroxylation sites is 1. The van der Waals surface area contributed by atoms with Gasteiger partial charge in [-0.1, -0.05) is 42.5 Å². The van der Waals surface area contributed by atoms with Crippen molar-refractivity contribution in [3.05, 3.63) is 70.3 Å². The van der Waals surface area contributed by atoms with Crippen LogP contribution in [0.2, 0.25) is 0 Å². The Morgan fingerprint density at radius 1 is 1.00 bits per heavy atom. The van der Waals surface area contributed by atoms with Crippen molar-refractivity contribution in [1.29, 1.82) is 0 Å². The van der Waals surface area contributed by atoms with Crippen LogP contribution in [0.15, 0.2) is 63.9 Å². The van der Waals surface area contributed by atoms with E-state index in [1.165, 1.54) is 12.1 Å². The molecule has 0 saturated heterocycles. The first-order valence-corrected chi connectivity index (χ1v) is 7.03. The molecule has 7 heteroatoms. The first kappa shape index (κ1) is 13.9. The molecule has 0 atom stereocenters. The Morgan fingerprint density at radius 2 is 1.60 bits per heavy atom. The smallest absolute Gasteiger partial charge is 0.258 e. The minimum atomic E-state index is -4.11. The summed E-state index contributed by atoms with van der Waals surface area (Å²) in [6, 6.07) is 13.7. The predicted molar refractivity (Wildman–Crippen MR) is 74.3 cm³/mol. The van der Waals surface area contributed by atoms with E-state index in [1.807, 2.05) is 0 Å². The highest BCUT2D eigenvalue weighted by atomic mass is 32.2. The monoisotopic (exact) mass is 290 g/mol. The molecule has 0 bridgehead atoms. The topological polar surface area (TPSA) is 89.6 Å². The molecule has 2 aromatic carbocycles. The summed E-state index contributed by atoms with van der Waals surface area (Å²) in [4.78, 5) is 9.67. The van der Waals surface area contributed by atoms with E-state index in [0.717, 1.165) is 18.3 Å². The standard InChI is InChI=1S/C13H10N2O4S/c16-15(17)12-8-4-5-9-13(12)20(18,19)14-10-11-6-2-1-3-7-11/h1-10H/b14-10+. The number of sulfonamides is 1. The maximum atomic E-state index is 12.0. The van der Waals surface area contributed by atoms with Gasteiger partial charge in [-0.3, -0.25) is 10.1 Å². The number of hydrogen-bond acceptors (Lipinski definition) is 4. The van der Waals surface area contributed by atoms with Gasteiger partial charge >= 0.3 is 0 Å². The Labute approximate surface area is 115 Å². The summed E-state index contributed by atoms with van der Waals surface area (Å²) >= 11 is 0. The van der Waals surface area contributed by atoms with E-state index in [0.29, 0.717) is 5.56 Å². The molecule has 102 valence electrons. The van der Waals surface area contributed by atoms with Crippen LogP contribution >= 0.6 is 0 Å². The first-order valence-electron chi connectivity index (χ1n) is 5.59. The van der Waals surface area contributed by atoms with Gasteiger partial charge in [0.25, 0.3) is 15.7 Å². The molecule has 0 N–H and O–H groups in total. The van der Waals surface area contributed by atoms with E-state index >= 15 is 0 Å². The first-order chi connectivity index (χ1) is 9.50. The van der Waals surface area contributed by atoms with Gasteiger partial charge in [-0.15, -0.1) is 0 Å². The highest BCUT2D eigenvalue weighted by Gasteiger charge is 2.23. The molecule has 0 aliphatic heterocycles. The van der Waals surface area contributed by atoms with Crippen LogP contribution in [0, 0.1) is 10.1 Å². The van der Waals surface area contributed by atoms with Crippen LogP contribution in [0.25, 0.3) is 0 Å². The molecule has 0 fully saturated rings. The summed E-state index contributed by atoms with van der Waals surface area (Å²) in [6.07, 6.45) is 1.16. The zero-order valence-corrected chi connectivity index (χ0v) is 11.0. The molecular weight excluding hydrogens is 280 g/mol. The van der Waals surface area contributed by atoms with Crippen LogP contribution in [0.4, 0.5) is 5.69 Å². The number of benzene rings is 2. The molecule has 0 radical (unpaired) electrons. The molecule has 0 unspecified atom stereocenters. The summed E-state index contributed by atoms with van der Waals surface area (Å²) in [5.74, 6) is 0. The van der Waals surface area contributed by atoms with Crippen molar-refractivity contribution in [3.63, 3.8) is 0 Å². The lowest BCUT2D eigenvalue weighted by atomic mass is 10.2. The van der Waals surface area contributed by atoms with Gasteiger partial charge in [0.15, 0.2) is 4.90 Å². The van der Waals surface area contributed by atoms with Crippen LogP contribution in [-0.2, 0) is 10.0 Å². The van der Waals surface area contributed by atoms with Gasteiger partial charge in [0.1, 0.15) is 0 Å². The highest BCUT2D eigenvalue weighted by molar-refractivity contribution is 7.90. The second-order valence-electron chi connectivity index (χ2n) is 3.85.